The van der Waals surface area contributed by atoms with Gasteiger partial charge in [-0.3, -0.25) is 0 Å². The monoisotopic (exact) mass is 325 g/mol. The van der Waals surface area contributed by atoms with E-state index in [9.17, 15) is 0 Å². The highest BCUT2D eigenvalue weighted by atomic mass is 35.5. The van der Waals surface area contributed by atoms with Gasteiger partial charge in [-0.1, -0.05) is 50.9 Å². The Morgan fingerprint density at radius 1 is 1.14 bits per heavy atom. The largest absolute Gasteiger partial charge is 0.310 e. The molecular weight excluding hydrogens is 305 g/mol. The molecule has 0 aliphatic rings. The van der Waals surface area contributed by atoms with Gasteiger partial charge in [0.25, 0.3) is 0 Å². The fraction of sp³-hybridized carbons (Fsp3) is 0.438. The van der Waals surface area contributed by atoms with E-state index in [1.807, 2.05) is 23.0 Å². The van der Waals surface area contributed by atoms with Gasteiger partial charge in [0.05, 0.1) is 27.6 Å². The first-order chi connectivity index (χ1) is 9.90. The van der Waals surface area contributed by atoms with Crippen molar-refractivity contribution in [1.29, 1.82) is 0 Å². The van der Waals surface area contributed by atoms with Crippen LogP contribution in [0.3, 0.4) is 0 Å². The molecule has 0 amide bonds. The van der Waals surface area contributed by atoms with Crippen LogP contribution in [0.1, 0.15) is 44.9 Å². The fourth-order valence-corrected chi connectivity index (χ4v) is 2.57. The Balaban J connectivity index is 2.41. The highest BCUT2D eigenvalue weighted by Crippen LogP contribution is 2.28. The summed E-state index contributed by atoms with van der Waals surface area (Å²) < 4.78 is 1.95. The lowest BCUT2D eigenvalue weighted by Gasteiger charge is -2.14. The van der Waals surface area contributed by atoms with Crippen LogP contribution in [0.5, 0.6) is 0 Å². The van der Waals surface area contributed by atoms with Crippen LogP contribution in [0.25, 0.3) is 5.69 Å². The molecule has 0 saturated heterocycles. The van der Waals surface area contributed by atoms with Gasteiger partial charge in [-0.25, -0.2) is 4.68 Å². The van der Waals surface area contributed by atoms with Crippen LogP contribution in [0.2, 0.25) is 10.0 Å². The van der Waals surface area contributed by atoms with E-state index in [2.05, 4.69) is 38.1 Å². The van der Waals surface area contributed by atoms with Crippen molar-refractivity contribution < 1.29 is 0 Å². The maximum Gasteiger partial charge on any atom is 0.0664 e. The molecule has 21 heavy (non-hydrogen) atoms. The molecule has 0 radical (unpaired) electrons. The molecule has 1 aromatic carbocycles. The van der Waals surface area contributed by atoms with Crippen molar-refractivity contribution in [2.45, 2.75) is 46.2 Å². The van der Waals surface area contributed by atoms with E-state index >= 15 is 0 Å². The first kappa shape index (κ1) is 16.3. The average Bonchev–Trinajstić information content (AvgIpc) is 2.83. The number of hydrogen-bond donors (Lipinski definition) is 1. The molecule has 5 heteroatoms. The molecule has 0 aliphatic carbocycles. The molecule has 3 nitrogen and oxygen atoms in total. The minimum absolute atomic E-state index is 0.367. The molecule has 0 unspecified atom stereocenters. The topological polar surface area (TPSA) is 29.9 Å². The Bertz CT molecular complexity index is 618. The predicted molar refractivity (Wildman–Crippen MR) is 89.6 cm³/mol. The molecule has 114 valence electrons. The third-order valence-corrected chi connectivity index (χ3v) is 4.02. The third-order valence-electron chi connectivity index (χ3n) is 3.28. The van der Waals surface area contributed by atoms with Crippen LogP contribution < -0.4 is 5.32 Å². The molecule has 0 atom stereocenters. The quantitative estimate of drug-likeness (QED) is 0.855. The van der Waals surface area contributed by atoms with E-state index < -0.39 is 0 Å². The van der Waals surface area contributed by atoms with Crippen molar-refractivity contribution >= 4 is 23.2 Å². The van der Waals surface area contributed by atoms with Crippen molar-refractivity contribution in [1.82, 2.24) is 15.1 Å². The van der Waals surface area contributed by atoms with E-state index in [-0.39, 0.29) is 0 Å². The molecular formula is C16H21Cl2N3. The maximum absolute atomic E-state index is 6.12. The second-order valence-corrected chi connectivity index (χ2v) is 6.57. The first-order valence-electron chi connectivity index (χ1n) is 7.15. The van der Waals surface area contributed by atoms with Gasteiger partial charge in [-0.2, -0.15) is 5.10 Å². The Hall–Kier alpha value is -1.03. The summed E-state index contributed by atoms with van der Waals surface area (Å²) in [4.78, 5) is 0. The average molecular weight is 326 g/mol. The van der Waals surface area contributed by atoms with Gasteiger partial charge in [0.1, 0.15) is 0 Å². The minimum atomic E-state index is 0.367. The molecule has 0 fully saturated rings. The maximum atomic E-state index is 6.12. The SMILES string of the molecule is CC(C)NCc1cnn(-c2ccc(Cl)c(Cl)c2)c1C(C)C. The van der Waals surface area contributed by atoms with Crippen molar-refractivity contribution in [3.63, 3.8) is 0 Å². The van der Waals surface area contributed by atoms with Crippen LogP contribution >= 0.6 is 23.2 Å². The zero-order chi connectivity index (χ0) is 15.6. The van der Waals surface area contributed by atoms with Gasteiger partial charge in [0.15, 0.2) is 0 Å². The lowest BCUT2D eigenvalue weighted by atomic mass is 10.1. The Morgan fingerprint density at radius 3 is 2.43 bits per heavy atom. The number of nitrogens with zero attached hydrogens (tertiary/aromatic N) is 2. The van der Waals surface area contributed by atoms with E-state index in [1.165, 1.54) is 11.3 Å². The normalized spacial score (nSPS) is 11.6. The Labute approximate surface area is 136 Å². The zero-order valence-corrected chi connectivity index (χ0v) is 14.3. The number of benzene rings is 1. The second-order valence-electron chi connectivity index (χ2n) is 5.76. The molecule has 2 aromatic rings. The smallest absolute Gasteiger partial charge is 0.0664 e. The summed E-state index contributed by atoms with van der Waals surface area (Å²) >= 11 is 12.1. The highest BCUT2D eigenvalue weighted by molar-refractivity contribution is 6.42. The minimum Gasteiger partial charge on any atom is -0.310 e. The van der Waals surface area contributed by atoms with E-state index in [0.29, 0.717) is 22.0 Å². The summed E-state index contributed by atoms with van der Waals surface area (Å²) in [6.07, 6.45) is 1.92. The van der Waals surface area contributed by atoms with Crippen molar-refractivity contribution in [3.05, 3.63) is 45.7 Å². The van der Waals surface area contributed by atoms with Crippen LogP contribution in [-0.4, -0.2) is 15.8 Å². The van der Waals surface area contributed by atoms with Gasteiger partial charge in [0, 0.05) is 18.2 Å². The van der Waals surface area contributed by atoms with Crippen LogP contribution in [0, 0.1) is 0 Å². The van der Waals surface area contributed by atoms with Gasteiger partial charge in [-0.15, -0.1) is 0 Å². The van der Waals surface area contributed by atoms with Crippen molar-refractivity contribution in [2.75, 3.05) is 0 Å². The molecule has 0 bridgehead atoms. The first-order valence-corrected chi connectivity index (χ1v) is 7.91. The molecule has 1 aromatic heterocycles. The molecule has 2 rings (SSSR count). The van der Waals surface area contributed by atoms with Crippen LogP contribution in [0.15, 0.2) is 24.4 Å². The number of rotatable bonds is 5. The summed E-state index contributed by atoms with van der Waals surface area (Å²) in [7, 11) is 0. The summed E-state index contributed by atoms with van der Waals surface area (Å²) in [5, 5.41) is 9.07. The van der Waals surface area contributed by atoms with E-state index in [0.717, 1.165) is 12.2 Å². The van der Waals surface area contributed by atoms with Crippen molar-refractivity contribution in [3.8, 4) is 5.69 Å². The van der Waals surface area contributed by atoms with E-state index in [4.69, 9.17) is 23.2 Å². The zero-order valence-electron chi connectivity index (χ0n) is 12.8. The lowest BCUT2D eigenvalue weighted by Crippen LogP contribution is -2.22. The third kappa shape index (κ3) is 3.79. The summed E-state index contributed by atoms with van der Waals surface area (Å²) in [6.45, 7) is 9.43. The number of nitrogens with one attached hydrogen (secondary N) is 1. The molecule has 0 aliphatic heterocycles. The highest BCUT2D eigenvalue weighted by Gasteiger charge is 2.16. The van der Waals surface area contributed by atoms with Crippen LogP contribution in [-0.2, 0) is 6.54 Å². The second kappa shape index (κ2) is 6.82. The molecule has 1 N–H and O–H groups in total. The standard InChI is InChI=1S/C16H21Cl2N3/c1-10(2)16-12(8-19-11(3)4)9-20-21(16)13-5-6-14(17)15(18)7-13/h5-7,9-11,19H,8H2,1-4H3. The molecule has 0 spiro atoms. The van der Waals surface area contributed by atoms with Gasteiger partial charge >= 0.3 is 0 Å². The fourth-order valence-electron chi connectivity index (χ4n) is 2.28. The lowest BCUT2D eigenvalue weighted by molar-refractivity contribution is 0.582. The number of hydrogen-bond acceptors (Lipinski definition) is 2. The van der Waals surface area contributed by atoms with Crippen LogP contribution in [0.4, 0.5) is 0 Å². The predicted octanol–water partition coefficient (Wildman–Crippen LogP) is 4.80. The molecule has 1 heterocycles. The van der Waals surface area contributed by atoms with Gasteiger partial charge in [-0.05, 0) is 24.1 Å². The number of halogens is 2. The number of aromatic nitrogens is 2. The van der Waals surface area contributed by atoms with Crippen molar-refractivity contribution in [2.24, 2.45) is 0 Å². The Morgan fingerprint density at radius 2 is 1.86 bits per heavy atom. The molecule has 0 saturated carbocycles. The summed E-state index contributed by atoms with van der Waals surface area (Å²) in [6, 6.07) is 6.03. The Kier molecular flexibility index (Phi) is 5.31. The van der Waals surface area contributed by atoms with Gasteiger partial charge in [0.2, 0.25) is 0 Å². The van der Waals surface area contributed by atoms with Gasteiger partial charge < -0.3 is 5.32 Å². The van der Waals surface area contributed by atoms with E-state index in [1.54, 1.807) is 6.07 Å². The summed E-state index contributed by atoms with van der Waals surface area (Å²) in [5.74, 6) is 0.367. The summed E-state index contributed by atoms with van der Waals surface area (Å²) in [5.41, 5.74) is 3.34.